The molecule has 0 amide bonds. The van der Waals surface area contributed by atoms with Gasteiger partial charge in [-0.3, -0.25) is 0 Å². The first-order valence-corrected chi connectivity index (χ1v) is 10.2. The Labute approximate surface area is 179 Å². The number of halogens is 1. The third-order valence-corrected chi connectivity index (χ3v) is 5.37. The Bertz CT molecular complexity index is 904. The molecule has 1 aromatic carbocycles. The fourth-order valence-electron chi connectivity index (χ4n) is 3.42. The number of aryl methyl sites for hydroxylation is 1. The van der Waals surface area contributed by atoms with Gasteiger partial charge in [0.25, 0.3) is 0 Å². The Hall–Kier alpha value is -2.58. The zero-order chi connectivity index (χ0) is 22.3. The number of esters is 1. The van der Waals surface area contributed by atoms with E-state index < -0.39 is 17.9 Å². The number of hydrogen-bond donors (Lipinski definition) is 3. The topological polar surface area (TPSA) is 126 Å². The van der Waals surface area contributed by atoms with Crippen molar-refractivity contribution in [3.8, 4) is 0 Å². The summed E-state index contributed by atoms with van der Waals surface area (Å²) in [4.78, 5) is 30.2. The van der Waals surface area contributed by atoms with Gasteiger partial charge >= 0.3 is 17.9 Å². The molecule has 9 heteroatoms. The van der Waals surface area contributed by atoms with Crippen molar-refractivity contribution in [1.29, 1.82) is 0 Å². The summed E-state index contributed by atoms with van der Waals surface area (Å²) in [5, 5.41) is 19.9. The van der Waals surface area contributed by atoms with Crippen molar-refractivity contribution in [2.75, 3.05) is 6.61 Å². The van der Waals surface area contributed by atoms with Gasteiger partial charge in [-0.2, -0.15) is 0 Å². The maximum atomic E-state index is 12.0. The highest BCUT2D eigenvalue weighted by Crippen LogP contribution is 2.34. The van der Waals surface area contributed by atoms with Crippen LogP contribution in [-0.4, -0.2) is 40.8 Å². The monoisotopic (exact) mass is 439 g/mol. The van der Waals surface area contributed by atoms with Crippen LogP contribution < -0.4 is 5.32 Å². The van der Waals surface area contributed by atoms with Crippen LogP contribution in [0.1, 0.15) is 60.7 Å². The molecule has 1 aromatic heterocycles. The second kappa shape index (κ2) is 11.0. The molecule has 0 unspecified atom stereocenters. The van der Waals surface area contributed by atoms with Gasteiger partial charge in [0.2, 0.25) is 5.76 Å². The lowest BCUT2D eigenvalue weighted by Gasteiger charge is -2.23. The maximum Gasteiger partial charge on any atom is 0.414 e. The summed E-state index contributed by atoms with van der Waals surface area (Å²) < 4.78 is 10.7. The Balaban J connectivity index is 0.000000469. The van der Waals surface area contributed by atoms with E-state index in [1.807, 2.05) is 19.1 Å². The summed E-state index contributed by atoms with van der Waals surface area (Å²) in [6.45, 7) is 4.68. The number of carboxylic acids is 2. The number of ether oxygens (including phenoxy) is 1. The molecule has 0 atom stereocenters. The summed E-state index contributed by atoms with van der Waals surface area (Å²) in [5.74, 6) is -3.85. The van der Waals surface area contributed by atoms with Crippen molar-refractivity contribution in [3.63, 3.8) is 0 Å². The minimum atomic E-state index is -1.82. The number of hydrogen-bond acceptors (Lipinski definition) is 6. The van der Waals surface area contributed by atoms with Crippen LogP contribution >= 0.6 is 11.6 Å². The third kappa shape index (κ3) is 5.96. The molecule has 0 aliphatic heterocycles. The molecule has 1 fully saturated rings. The van der Waals surface area contributed by atoms with Crippen molar-refractivity contribution in [3.05, 3.63) is 34.0 Å². The highest BCUT2D eigenvalue weighted by atomic mass is 35.5. The number of benzene rings is 1. The zero-order valence-corrected chi connectivity index (χ0v) is 17.8. The van der Waals surface area contributed by atoms with Crippen LogP contribution in [0.5, 0.6) is 0 Å². The fraction of sp³-hybridized carbons (Fsp3) is 0.476. The average molecular weight is 440 g/mol. The number of rotatable bonds is 5. The van der Waals surface area contributed by atoms with E-state index in [1.165, 1.54) is 32.1 Å². The van der Waals surface area contributed by atoms with E-state index in [1.54, 1.807) is 6.92 Å². The molecule has 3 rings (SSSR count). The second-order valence-corrected chi connectivity index (χ2v) is 7.39. The quantitative estimate of drug-likeness (QED) is 0.468. The van der Waals surface area contributed by atoms with Crippen molar-refractivity contribution in [2.45, 2.75) is 58.5 Å². The Morgan fingerprint density at radius 2 is 1.80 bits per heavy atom. The average Bonchev–Trinajstić information content (AvgIpc) is 3.06. The van der Waals surface area contributed by atoms with Crippen LogP contribution in [0, 0.1) is 6.92 Å². The van der Waals surface area contributed by atoms with Crippen LogP contribution in [0.3, 0.4) is 0 Å². The van der Waals surface area contributed by atoms with Crippen molar-refractivity contribution in [2.24, 2.45) is 0 Å². The molecule has 0 spiro atoms. The Morgan fingerprint density at radius 3 is 2.37 bits per heavy atom. The van der Waals surface area contributed by atoms with Gasteiger partial charge in [-0.05, 0) is 38.3 Å². The van der Waals surface area contributed by atoms with Gasteiger partial charge in [-0.15, -0.1) is 0 Å². The van der Waals surface area contributed by atoms with Crippen LogP contribution in [0.4, 0.5) is 0 Å². The number of carbonyl (C=O) groups excluding carboxylic acids is 1. The minimum Gasteiger partial charge on any atom is -0.473 e. The second-order valence-electron chi connectivity index (χ2n) is 7.01. The smallest absolute Gasteiger partial charge is 0.414 e. The summed E-state index contributed by atoms with van der Waals surface area (Å²) in [6.07, 6.45) is 6.41. The molecule has 8 nitrogen and oxygen atoms in total. The molecule has 0 bridgehead atoms. The largest absolute Gasteiger partial charge is 0.473 e. The van der Waals surface area contributed by atoms with Crippen LogP contribution in [0.15, 0.2) is 16.5 Å². The summed E-state index contributed by atoms with van der Waals surface area (Å²) in [5.41, 5.74) is 2.41. The van der Waals surface area contributed by atoms with Crippen LogP contribution in [0.2, 0.25) is 5.02 Å². The lowest BCUT2D eigenvalue weighted by Crippen LogP contribution is -2.30. The Kier molecular flexibility index (Phi) is 8.68. The fourth-order valence-corrected chi connectivity index (χ4v) is 3.79. The SMILES string of the molecule is CCOC(=O)c1oc2ccc(CNC3CCCCC3)c(Cl)c2c1C.O=C(O)C(=O)O. The van der Waals surface area contributed by atoms with Gasteiger partial charge in [0.05, 0.1) is 11.6 Å². The molecule has 1 saturated carbocycles. The predicted octanol–water partition coefficient (Wildman–Crippen LogP) is 4.15. The highest BCUT2D eigenvalue weighted by Gasteiger charge is 2.22. The molecule has 1 aliphatic rings. The lowest BCUT2D eigenvalue weighted by atomic mass is 9.95. The number of aliphatic carboxylic acids is 2. The van der Waals surface area contributed by atoms with Gasteiger partial charge in [-0.25, -0.2) is 14.4 Å². The molecule has 1 heterocycles. The first kappa shape index (κ1) is 23.7. The molecule has 1 aliphatic carbocycles. The minimum absolute atomic E-state index is 0.242. The zero-order valence-electron chi connectivity index (χ0n) is 17.0. The van der Waals surface area contributed by atoms with Gasteiger partial charge in [-0.1, -0.05) is 36.9 Å². The maximum absolute atomic E-state index is 12.0. The third-order valence-electron chi connectivity index (χ3n) is 4.94. The van der Waals surface area contributed by atoms with Crippen LogP contribution in [-0.2, 0) is 20.9 Å². The number of furan rings is 1. The number of carbonyl (C=O) groups is 3. The molecular formula is C21H26ClNO7. The van der Waals surface area contributed by atoms with E-state index >= 15 is 0 Å². The van der Waals surface area contributed by atoms with E-state index in [4.69, 9.17) is 40.6 Å². The molecule has 0 radical (unpaired) electrons. The van der Waals surface area contributed by atoms with Crippen molar-refractivity contribution < 1.29 is 33.8 Å². The van der Waals surface area contributed by atoms with Crippen molar-refractivity contribution >= 4 is 40.5 Å². The first-order valence-electron chi connectivity index (χ1n) is 9.83. The first-order chi connectivity index (χ1) is 14.3. The van der Waals surface area contributed by atoms with E-state index in [-0.39, 0.29) is 5.76 Å². The highest BCUT2D eigenvalue weighted by molar-refractivity contribution is 6.36. The van der Waals surface area contributed by atoms with Gasteiger partial charge in [0, 0.05) is 23.5 Å². The molecule has 2 aromatic rings. The summed E-state index contributed by atoms with van der Waals surface area (Å²) in [7, 11) is 0. The normalized spacial score (nSPS) is 14.1. The Morgan fingerprint density at radius 1 is 1.17 bits per heavy atom. The molecule has 0 saturated heterocycles. The summed E-state index contributed by atoms with van der Waals surface area (Å²) in [6, 6.07) is 4.43. The number of nitrogens with one attached hydrogen (secondary N) is 1. The molecule has 30 heavy (non-hydrogen) atoms. The van der Waals surface area contributed by atoms with Crippen LogP contribution in [0.25, 0.3) is 11.0 Å². The summed E-state index contributed by atoms with van der Waals surface area (Å²) >= 11 is 6.61. The van der Waals surface area contributed by atoms with E-state index in [2.05, 4.69) is 5.32 Å². The molecule has 164 valence electrons. The van der Waals surface area contributed by atoms with Gasteiger partial charge in [0.1, 0.15) is 5.58 Å². The van der Waals surface area contributed by atoms with Gasteiger partial charge in [0.15, 0.2) is 0 Å². The number of fused-ring (bicyclic) bond motifs is 1. The lowest BCUT2D eigenvalue weighted by molar-refractivity contribution is -0.159. The van der Waals surface area contributed by atoms with E-state index in [9.17, 15) is 4.79 Å². The standard InChI is InChI=1S/C19H24ClNO3.C2H2O4/c1-3-23-19(22)18-12(2)16-15(24-18)10-9-13(17(16)20)11-21-14-7-5-4-6-8-14;3-1(4)2(5)6/h9-10,14,21H,3-8,11H2,1-2H3;(H,3,4)(H,5,6). The van der Waals surface area contributed by atoms with Gasteiger partial charge < -0.3 is 24.7 Å². The molecular weight excluding hydrogens is 414 g/mol. The van der Waals surface area contributed by atoms with E-state index in [0.29, 0.717) is 23.3 Å². The molecule has 3 N–H and O–H groups in total. The van der Waals surface area contributed by atoms with E-state index in [0.717, 1.165) is 23.1 Å². The predicted molar refractivity (Wildman–Crippen MR) is 111 cm³/mol. The number of carboxylic acid groups (broad SMARTS) is 2. The van der Waals surface area contributed by atoms with Crippen molar-refractivity contribution in [1.82, 2.24) is 5.32 Å².